The monoisotopic (exact) mass is 323 g/mol. The maximum atomic E-state index is 9.48. The van der Waals surface area contributed by atoms with Crippen molar-refractivity contribution in [3.8, 4) is 6.07 Å². The molecule has 1 unspecified atom stereocenters. The Balaban J connectivity index is 2.17. The summed E-state index contributed by atoms with van der Waals surface area (Å²) in [6.07, 6.45) is 0. The Hall–Kier alpha value is -2.25. The molecule has 0 fully saturated rings. The average Bonchev–Trinajstić information content (AvgIpc) is 2.50. The predicted octanol–water partition coefficient (Wildman–Crippen LogP) is 4.94. The molecule has 0 aliphatic heterocycles. The highest BCUT2D eigenvalue weighted by atomic mass is 32.2. The smallest absolute Gasteiger partial charge is 0.119 e. The molecule has 2 rings (SSSR count). The second-order valence-electron chi connectivity index (χ2n) is 6.47. The number of anilines is 1. The molecule has 2 aromatic carbocycles. The van der Waals surface area contributed by atoms with Gasteiger partial charge >= 0.3 is 0 Å². The van der Waals surface area contributed by atoms with Crippen LogP contribution in [-0.2, 0) is 5.41 Å². The molecule has 3 nitrogen and oxygen atoms in total. The third-order valence-electron chi connectivity index (χ3n) is 3.61. The van der Waals surface area contributed by atoms with Crippen molar-refractivity contribution in [2.24, 2.45) is 0 Å². The van der Waals surface area contributed by atoms with Crippen LogP contribution in [0.25, 0.3) is 0 Å². The van der Waals surface area contributed by atoms with E-state index >= 15 is 0 Å². The summed E-state index contributed by atoms with van der Waals surface area (Å²) in [5, 5.41) is 18.1. The van der Waals surface area contributed by atoms with Crippen LogP contribution in [0.3, 0.4) is 0 Å². The van der Waals surface area contributed by atoms with E-state index < -0.39 is 5.92 Å². The van der Waals surface area contributed by atoms with E-state index in [1.54, 1.807) is 12.1 Å². The van der Waals surface area contributed by atoms with Crippen LogP contribution in [0, 0.1) is 16.7 Å². The van der Waals surface area contributed by atoms with Crippen LogP contribution in [0.5, 0.6) is 0 Å². The molecule has 0 aliphatic carbocycles. The minimum absolute atomic E-state index is 0.0763. The molecule has 0 radical (unpaired) electrons. The molecule has 1 atom stereocenters. The number of nitrogens with one attached hydrogen (secondary N) is 1. The first-order valence-electron chi connectivity index (χ1n) is 7.43. The molecule has 3 N–H and O–H groups in total. The predicted molar refractivity (Wildman–Crippen MR) is 97.9 cm³/mol. The van der Waals surface area contributed by atoms with Crippen molar-refractivity contribution < 1.29 is 0 Å². The number of nitrogens with zero attached hydrogens (tertiary/aromatic N) is 1. The van der Waals surface area contributed by atoms with Gasteiger partial charge in [0.2, 0.25) is 0 Å². The highest BCUT2D eigenvalue weighted by molar-refractivity contribution is 8.14. The van der Waals surface area contributed by atoms with Gasteiger partial charge in [-0.15, -0.1) is 0 Å². The number of rotatable bonds is 3. The summed E-state index contributed by atoms with van der Waals surface area (Å²) in [4.78, 5) is 0.913. The maximum absolute atomic E-state index is 9.48. The first-order valence-corrected chi connectivity index (χ1v) is 8.25. The lowest BCUT2D eigenvalue weighted by molar-refractivity contribution is 0.590. The van der Waals surface area contributed by atoms with Gasteiger partial charge in [0.15, 0.2) is 0 Å². The van der Waals surface area contributed by atoms with Gasteiger partial charge in [0, 0.05) is 10.6 Å². The largest absolute Gasteiger partial charge is 0.399 e. The number of nitriles is 1. The van der Waals surface area contributed by atoms with Crippen molar-refractivity contribution in [3.05, 3.63) is 59.7 Å². The average molecular weight is 323 g/mol. The lowest BCUT2D eigenvalue weighted by Crippen LogP contribution is -2.12. The van der Waals surface area contributed by atoms with E-state index in [0.717, 1.165) is 10.5 Å². The van der Waals surface area contributed by atoms with Gasteiger partial charge in [-0.05, 0) is 40.8 Å². The van der Waals surface area contributed by atoms with Crippen LogP contribution >= 0.6 is 11.8 Å². The molecule has 0 aromatic heterocycles. The quantitative estimate of drug-likeness (QED) is 0.363. The van der Waals surface area contributed by atoms with Gasteiger partial charge in [-0.25, -0.2) is 0 Å². The first kappa shape index (κ1) is 17.1. The number of hydrogen-bond acceptors (Lipinski definition) is 4. The lowest BCUT2D eigenvalue weighted by Gasteiger charge is -2.20. The minimum atomic E-state index is -0.549. The van der Waals surface area contributed by atoms with E-state index in [9.17, 15) is 5.26 Å². The Bertz CT molecular complexity index is 719. The number of nitrogens with two attached hydrogens (primary N) is 1. The molecule has 0 saturated carbocycles. The van der Waals surface area contributed by atoms with E-state index in [0.29, 0.717) is 10.7 Å². The van der Waals surface area contributed by atoms with Crippen LogP contribution in [0.4, 0.5) is 5.69 Å². The highest BCUT2D eigenvalue weighted by Gasteiger charge is 2.19. The molecule has 23 heavy (non-hydrogen) atoms. The third-order valence-corrected chi connectivity index (χ3v) is 4.57. The topological polar surface area (TPSA) is 73.7 Å². The molecular formula is C19H21N3S. The number of thioether (sulfide) groups is 1. The standard InChI is InChI=1S/C19H21N3S/c1-19(2,3)14-6-4-13(5-7-14)17(12-20)18(22)23-16-10-8-15(21)9-11-16/h4-11,17,22H,21H2,1-3H3. The van der Waals surface area contributed by atoms with Gasteiger partial charge in [-0.2, -0.15) is 5.26 Å². The zero-order valence-electron chi connectivity index (χ0n) is 13.6. The van der Waals surface area contributed by atoms with Crippen LogP contribution in [0.2, 0.25) is 0 Å². The van der Waals surface area contributed by atoms with Crippen molar-refractivity contribution in [1.29, 1.82) is 10.7 Å². The fraction of sp³-hybridized carbons (Fsp3) is 0.263. The summed E-state index contributed by atoms with van der Waals surface area (Å²) in [6.45, 7) is 6.47. The Morgan fingerprint density at radius 2 is 1.65 bits per heavy atom. The molecule has 0 spiro atoms. The van der Waals surface area contributed by atoms with E-state index in [1.807, 2.05) is 36.4 Å². The summed E-state index contributed by atoms with van der Waals surface area (Å²) in [5.74, 6) is -0.549. The molecule has 0 heterocycles. The molecule has 4 heteroatoms. The lowest BCUT2D eigenvalue weighted by atomic mass is 9.86. The Morgan fingerprint density at radius 1 is 1.09 bits per heavy atom. The minimum Gasteiger partial charge on any atom is -0.399 e. The van der Waals surface area contributed by atoms with Crippen LogP contribution in [0.15, 0.2) is 53.4 Å². The number of hydrogen-bond donors (Lipinski definition) is 2. The SMILES string of the molecule is CC(C)(C)c1ccc(C(C#N)C(=N)Sc2ccc(N)cc2)cc1. The zero-order valence-corrected chi connectivity index (χ0v) is 14.4. The van der Waals surface area contributed by atoms with Crippen molar-refractivity contribution in [2.75, 3.05) is 5.73 Å². The molecule has 0 aliphatic rings. The normalized spacial score (nSPS) is 12.4. The summed E-state index contributed by atoms with van der Waals surface area (Å²) < 4.78 is 0. The molecule has 0 saturated heterocycles. The van der Waals surface area contributed by atoms with E-state index in [1.165, 1.54) is 17.3 Å². The van der Waals surface area contributed by atoms with E-state index in [4.69, 9.17) is 11.1 Å². The summed E-state index contributed by atoms with van der Waals surface area (Å²) >= 11 is 1.29. The summed E-state index contributed by atoms with van der Waals surface area (Å²) in [6, 6.07) is 17.6. The van der Waals surface area contributed by atoms with Crippen molar-refractivity contribution in [2.45, 2.75) is 37.0 Å². The first-order chi connectivity index (χ1) is 10.8. The van der Waals surface area contributed by atoms with Crippen molar-refractivity contribution in [1.82, 2.24) is 0 Å². The Labute approximate surface area is 142 Å². The summed E-state index contributed by atoms with van der Waals surface area (Å²) in [5.41, 5.74) is 8.51. The number of benzene rings is 2. The molecule has 2 aromatic rings. The Kier molecular flexibility index (Phi) is 5.12. The van der Waals surface area contributed by atoms with Crippen LogP contribution in [0.1, 0.15) is 37.8 Å². The van der Waals surface area contributed by atoms with E-state index in [2.05, 4.69) is 26.8 Å². The van der Waals surface area contributed by atoms with Gasteiger partial charge in [-0.1, -0.05) is 56.8 Å². The highest BCUT2D eigenvalue weighted by Crippen LogP contribution is 2.30. The van der Waals surface area contributed by atoms with Crippen molar-refractivity contribution >= 4 is 22.5 Å². The molecular weight excluding hydrogens is 302 g/mol. The zero-order chi connectivity index (χ0) is 17.0. The maximum Gasteiger partial charge on any atom is 0.119 e. The second kappa shape index (κ2) is 6.89. The fourth-order valence-electron chi connectivity index (χ4n) is 2.18. The van der Waals surface area contributed by atoms with Gasteiger partial charge in [0.1, 0.15) is 5.92 Å². The van der Waals surface area contributed by atoms with Crippen LogP contribution in [-0.4, -0.2) is 5.04 Å². The van der Waals surface area contributed by atoms with Crippen molar-refractivity contribution in [3.63, 3.8) is 0 Å². The van der Waals surface area contributed by atoms with Gasteiger partial charge < -0.3 is 5.73 Å². The molecule has 118 valence electrons. The molecule has 0 bridgehead atoms. The second-order valence-corrected chi connectivity index (χ2v) is 7.58. The van der Waals surface area contributed by atoms with Gasteiger partial charge in [0.25, 0.3) is 0 Å². The number of nitrogen functional groups attached to an aromatic ring is 1. The van der Waals surface area contributed by atoms with E-state index in [-0.39, 0.29) is 5.41 Å². The van der Waals surface area contributed by atoms with Crippen LogP contribution < -0.4 is 5.73 Å². The fourth-order valence-corrected chi connectivity index (χ4v) is 3.01. The van der Waals surface area contributed by atoms with Gasteiger partial charge in [0.05, 0.1) is 11.1 Å². The summed E-state index contributed by atoms with van der Waals surface area (Å²) in [7, 11) is 0. The third kappa shape index (κ3) is 4.37. The molecule has 0 amide bonds. The Morgan fingerprint density at radius 3 is 2.13 bits per heavy atom. The van der Waals surface area contributed by atoms with Gasteiger partial charge in [-0.3, -0.25) is 5.41 Å².